The van der Waals surface area contributed by atoms with Gasteiger partial charge < -0.3 is 19.0 Å². The van der Waals surface area contributed by atoms with Crippen molar-refractivity contribution in [3.8, 4) is 5.95 Å². The first-order valence-electron chi connectivity index (χ1n) is 9.99. The molecule has 2 heterocycles. The zero-order valence-corrected chi connectivity index (χ0v) is 16.7. The number of furan rings is 1. The number of likely N-dealkylation sites (tertiary alicyclic amines) is 1. The van der Waals surface area contributed by atoms with Gasteiger partial charge >= 0.3 is 0 Å². The average molecular weight is 388 g/mol. The van der Waals surface area contributed by atoms with Crippen molar-refractivity contribution in [3.05, 3.63) is 53.5 Å². The summed E-state index contributed by atoms with van der Waals surface area (Å²) in [5, 5.41) is 0. The van der Waals surface area contributed by atoms with Crippen molar-refractivity contribution >= 4 is 5.91 Å². The first kappa shape index (κ1) is 20.4. The average Bonchev–Trinajstić information content (AvgIpc) is 3.20. The van der Waals surface area contributed by atoms with E-state index in [2.05, 4.69) is 4.90 Å². The predicted molar refractivity (Wildman–Crippen MR) is 106 cm³/mol. The van der Waals surface area contributed by atoms with Gasteiger partial charge in [-0.1, -0.05) is 12.1 Å². The number of carbonyl (C=O) groups is 1. The van der Waals surface area contributed by atoms with Crippen molar-refractivity contribution in [1.29, 1.82) is 0 Å². The molecule has 1 aromatic carbocycles. The molecule has 1 fully saturated rings. The molecule has 1 atom stereocenters. The van der Waals surface area contributed by atoms with Gasteiger partial charge in [-0.05, 0) is 62.4 Å². The molecule has 0 aliphatic carbocycles. The van der Waals surface area contributed by atoms with Gasteiger partial charge in [-0.2, -0.15) is 0 Å². The lowest BCUT2D eigenvalue weighted by Crippen LogP contribution is -2.43. The Morgan fingerprint density at radius 1 is 1.36 bits per heavy atom. The molecule has 0 saturated carbocycles. The molecule has 0 spiro atoms. The molecule has 0 unspecified atom stereocenters. The Balaban J connectivity index is 1.53. The summed E-state index contributed by atoms with van der Waals surface area (Å²) < 4.78 is 23.8. The summed E-state index contributed by atoms with van der Waals surface area (Å²) in [6.07, 6.45) is 3.07. The van der Waals surface area contributed by atoms with Crippen molar-refractivity contribution in [2.75, 3.05) is 39.8 Å². The Labute approximate surface area is 166 Å². The maximum Gasteiger partial charge on any atom is 0.289 e. The fourth-order valence-electron chi connectivity index (χ4n) is 3.85. The highest BCUT2D eigenvalue weighted by Crippen LogP contribution is 2.21. The SMILES string of the molecule is CCN(C[C@@H]1CCCN(CCc2cccc(F)c2)C1)C(=O)c1ccc(OC)o1. The van der Waals surface area contributed by atoms with E-state index in [9.17, 15) is 9.18 Å². The van der Waals surface area contributed by atoms with Gasteiger partial charge in [0.1, 0.15) is 5.82 Å². The zero-order valence-electron chi connectivity index (χ0n) is 16.7. The molecule has 28 heavy (non-hydrogen) atoms. The highest BCUT2D eigenvalue weighted by atomic mass is 19.1. The number of benzene rings is 1. The van der Waals surface area contributed by atoms with Crippen LogP contribution >= 0.6 is 0 Å². The van der Waals surface area contributed by atoms with Gasteiger partial charge in [0.15, 0.2) is 5.76 Å². The summed E-state index contributed by atoms with van der Waals surface area (Å²) in [4.78, 5) is 17.0. The van der Waals surface area contributed by atoms with E-state index >= 15 is 0 Å². The van der Waals surface area contributed by atoms with Crippen LogP contribution in [0.25, 0.3) is 0 Å². The lowest BCUT2D eigenvalue weighted by Gasteiger charge is -2.35. The number of rotatable bonds is 8. The van der Waals surface area contributed by atoms with Crippen LogP contribution in [0.15, 0.2) is 40.8 Å². The van der Waals surface area contributed by atoms with Crippen LogP contribution in [0.3, 0.4) is 0 Å². The second-order valence-electron chi connectivity index (χ2n) is 7.36. The van der Waals surface area contributed by atoms with Crippen LogP contribution in [0.2, 0.25) is 0 Å². The van der Waals surface area contributed by atoms with Crippen LogP contribution in [0.5, 0.6) is 5.95 Å². The maximum atomic E-state index is 13.4. The van der Waals surface area contributed by atoms with E-state index in [4.69, 9.17) is 9.15 Å². The van der Waals surface area contributed by atoms with E-state index in [1.165, 1.54) is 13.2 Å². The molecule has 152 valence electrons. The number of nitrogens with zero attached hydrogens (tertiary/aromatic N) is 2. The van der Waals surface area contributed by atoms with Crippen molar-refractivity contribution in [2.24, 2.45) is 5.92 Å². The monoisotopic (exact) mass is 388 g/mol. The number of amides is 1. The minimum Gasteiger partial charge on any atom is -0.468 e. The number of methoxy groups -OCH3 is 1. The molecule has 1 amide bonds. The summed E-state index contributed by atoms with van der Waals surface area (Å²) in [6, 6.07) is 10.1. The van der Waals surface area contributed by atoms with E-state index in [1.807, 2.05) is 17.9 Å². The second-order valence-corrected chi connectivity index (χ2v) is 7.36. The Morgan fingerprint density at radius 2 is 2.21 bits per heavy atom. The second kappa shape index (κ2) is 9.73. The normalized spacial score (nSPS) is 17.5. The van der Waals surface area contributed by atoms with Crippen LogP contribution < -0.4 is 4.74 Å². The lowest BCUT2D eigenvalue weighted by molar-refractivity contribution is 0.0654. The minimum absolute atomic E-state index is 0.0947. The molecule has 2 aromatic rings. The van der Waals surface area contributed by atoms with Crippen molar-refractivity contribution in [3.63, 3.8) is 0 Å². The summed E-state index contributed by atoms with van der Waals surface area (Å²) in [5.41, 5.74) is 1.03. The summed E-state index contributed by atoms with van der Waals surface area (Å²) >= 11 is 0. The standard InChI is InChI=1S/C22H29FN2O3/c1-3-25(22(26)20-9-10-21(27-2)28-20)16-18-7-5-12-24(15-18)13-11-17-6-4-8-19(23)14-17/h4,6,8-10,14,18H,3,5,7,11-13,15-16H2,1-2H3/t18-/m1/s1. The van der Waals surface area contributed by atoms with E-state index in [0.717, 1.165) is 51.0 Å². The molecule has 1 aromatic heterocycles. The van der Waals surface area contributed by atoms with Gasteiger partial charge in [-0.15, -0.1) is 0 Å². The molecule has 0 N–H and O–H groups in total. The third-order valence-corrected chi connectivity index (χ3v) is 5.35. The molecular formula is C22H29FN2O3. The Bertz CT molecular complexity index is 777. The summed E-state index contributed by atoms with van der Waals surface area (Å²) in [6.45, 7) is 6.27. The number of hydrogen-bond acceptors (Lipinski definition) is 4. The molecule has 1 aliphatic heterocycles. The smallest absolute Gasteiger partial charge is 0.289 e. The number of halogens is 1. The molecule has 1 aliphatic rings. The van der Waals surface area contributed by atoms with E-state index in [-0.39, 0.29) is 11.7 Å². The largest absolute Gasteiger partial charge is 0.468 e. The first-order chi connectivity index (χ1) is 13.6. The van der Waals surface area contributed by atoms with Crippen molar-refractivity contribution < 1.29 is 18.3 Å². The molecule has 3 rings (SSSR count). The molecule has 1 saturated heterocycles. The highest BCUT2D eigenvalue weighted by molar-refractivity contribution is 5.91. The fraction of sp³-hybridized carbons (Fsp3) is 0.500. The van der Waals surface area contributed by atoms with Gasteiger partial charge in [0, 0.05) is 32.2 Å². The van der Waals surface area contributed by atoms with Gasteiger partial charge in [0.25, 0.3) is 11.9 Å². The van der Waals surface area contributed by atoms with Crippen molar-refractivity contribution in [1.82, 2.24) is 9.80 Å². The van der Waals surface area contributed by atoms with Gasteiger partial charge in [-0.25, -0.2) is 4.39 Å². The van der Waals surface area contributed by atoms with Crippen LogP contribution in [0, 0.1) is 11.7 Å². The predicted octanol–water partition coefficient (Wildman–Crippen LogP) is 3.84. The van der Waals surface area contributed by atoms with Gasteiger partial charge in [0.2, 0.25) is 0 Å². The minimum atomic E-state index is -0.180. The number of ether oxygens (including phenoxy) is 1. The van der Waals surface area contributed by atoms with Crippen LogP contribution in [0.4, 0.5) is 4.39 Å². The van der Waals surface area contributed by atoms with Gasteiger partial charge in [0.05, 0.1) is 7.11 Å². The number of hydrogen-bond donors (Lipinski definition) is 0. The van der Waals surface area contributed by atoms with Crippen LogP contribution in [0.1, 0.15) is 35.9 Å². The zero-order chi connectivity index (χ0) is 19.9. The van der Waals surface area contributed by atoms with Crippen molar-refractivity contribution in [2.45, 2.75) is 26.2 Å². The van der Waals surface area contributed by atoms with E-state index in [0.29, 0.717) is 24.2 Å². The maximum absolute atomic E-state index is 13.4. The summed E-state index contributed by atoms with van der Waals surface area (Å²) in [5.74, 6) is 0.823. The van der Waals surface area contributed by atoms with E-state index < -0.39 is 0 Å². The molecule has 6 heteroatoms. The topological polar surface area (TPSA) is 45.9 Å². The molecule has 0 radical (unpaired) electrons. The molecule has 0 bridgehead atoms. The van der Waals surface area contributed by atoms with E-state index in [1.54, 1.807) is 24.3 Å². The molecule has 5 nitrogen and oxygen atoms in total. The number of piperidine rings is 1. The highest BCUT2D eigenvalue weighted by Gasteiger charge is 2.25. The molecular weight excluding hydrogens is 359 g/mol. The quantitative estimate of drug-likeness (QED) is 0.689. The third kappa shape index (κ3) is 5.35. The lowest BCUT2D eigenvalue weighted by atomic mass is 9.96. The number of carbonyl (C=O) groups excluding carboxylic acids is 1. The Kier molecular flexibility index (Phi) is 7.09. The van der Waals surface area contributed by atoms with Crippen LogP contribution in [-0.4, -0.2) is 55.5 Å². The Morgan fingerprint density at radius 3 is 2.93 bits per heavy atom. The van der Waals surface area contributed by atoms with Crippen LogP contribution in [-0.2, 0) is 6.42 Å². The Hall–Kier alpha value is -2.34. The van der Waals surface area contributed by atoms with Gasteiger partial charge in [-0.3, -0.25) is 4.79 Å². The fourth-order valence-corrected chi connectivity index (χ4v) is 3.85. The third-order valence-electron chi connectivity index (χ3n) is 5.35. The first-order valence-corrected chi connectivity index (χ1v) is 9.99. The summed E-state index contributed by atoms with van der Waals surface area (Å²) in [7, 11) is 1.52.